The highest BCUT2D eigenvalue weighted by Crippen LogP contribution is 2.25. The van der Waals surface area contributed by atoms with E-state index in [2.05, 4.69) is 5.32 Å². The molecular formula is C15H21NO4. The van der Waals surface area contributed by atoms with Crippen LogP contribution in [0.5, 0.6) is 5.75 Å². The molecule has 2 rings (SSSR count). The third-order valence-corrected chi connectivity index (χ3v) is 3.57. The highest BCUT2D eigenvalue weighted by atomic mass is 16.5. The van der Waals surface area contributed by atoms with Crippen molar-refractivity contribution in [3.05, 3.63) is 29.8 Å². The molecule has 1 aromatic rings. The van der Waals surface area contributed by atoms with Gasteiger partial charge in [-0.25, -0.2) is 0 Å². The lowest BCUT2D eigenvalue weighted by Crippen LogP contribution is -2.51. The van der Waals surface area contributed by atoms with Crippen LogP contribution in [0.4, 0.5) is 0 Å². The Morgan fingerprint density at radius 3 is 2.75 bits per heavy atom. The zero-order chi connectivity index (χ0) is 14.6. The summed E-state index contributed by atoms with van der Waals surface area (Å²) in [7, 11) is 0. The van der Waals surface area contributed by atoms with Crippen LogP contribution in [0.2, 0.25) is 0 Å². The summed E-state index contributed by atoms with van der Waals surface area (Å²) in [5, 5.41) is 21.7. The number of aliphatic carboxylic acids is 1. The largest absolute Gasteiger partial charge is 0.493 e. The summed E-state index contributed by atoms with van der Waals surface area (Å²) in [6.07, 6.45) is 2.45. The molecule has 0 spiro atoms. The van der Waals surface area contributed by atoms with Crippen molar-refractivity contribution in [2.45, 2.75) is 44.4 Å². The van der Waals surface area contributed by atoms with Gasteiger partial charge < -0.3 is 14.9 Å². The molecule has 5 nitrogen and oxygen atoms in total. The maximum atomic E-state index is 11.4. The van der Waals surface area contributed by atoms with Gasteiger partial charge in [0.2, 0.25) is 0 Å². The highest BCUT2D eigenvalue weighted by Gasteiger charge is 2.38. The Kier molecular flexibility index (Phi) is 4.62. The van der Waals surface area contributed by atoms with E-state index in [0.29, 0.717) is 30.4 Å². The van der Waals surface area contributed by atoms with Crippen LogP contribution in [0, 0.1) is 0 Å². The van der Waals surface area contributed by atoms with E-state index in [9.17, 15) is 15.0 Å². The summed E-state index contributed by atoms with van der Waals surface area (Å²) in [6.45, 7) is 1.89. The second-order valence-electron chi connectivity index (χ2n) is 5.42. The van der Waals surface area contributed by atoms with Crippen molar-refractivity contribution in [1.29, 1.82) is 0 Å². The van der Waals surface area contributed by atoms with Crippen molar-refractivity contribution in [2.75, 3.05) is 6.61 Å². The zero-order valence-corrected chi connectivity index (χ0v) is 11.6. The summed E-state index contributed by atoms with van der Waals surface area (Å²) in [5.41, 5.74) is -0.255. The number of carboxylic acids is 1. The fourth-order valence-corrected chi connectivity index (χ4v) is 2.06. The van der Waals surface area contributed by atoms with Crippen LogP contribution < -0.4 is 10.1 Å². The third-order valence-electron chi connectivity index (χ3n) is 3.57. The first-order valence-electron chi connectivity index (χ1n) is 6.88. The van der Waals surface area contributed by atoms with Gasteiger partial charge in [0.1, 0.15) is 11.3 Å². The maximum absolute atomic E-state index is 11.4. The molecule has 0 saturated heterocycles. The number of aliphatic hydroxyl groups is 1. The number of benzene rings is 1. The van der Waals surface area contributed by atoms with Gasteiger partial charge in [-0.3, -0.25) is 10.1 Å². The van der Waals surface area contributed by atoms with E-state index in [1.54, 1.807) is 19.1 Å². The number of aliphatic hydroxyl groups excluding tert-OH is 1. The van der Waals surface area contributed by atoms with E-state index in [0.717, 1.165) is 12.8 Å². The topological polar surface area (TPSA) is 78.8 Å². The number of nitrogens with one attached hydrogen (secondary N) is 1. The van der Waals surface area contributed by atoms with E-state index in [1.807, 2.05) is 12.1 Å². The normalized spacial score (nSPS) is 17.5. The quantitative estimate of drug-likeness (QED) is 0.673. The van der Waals surface area contributed by atoms with Crippen molar-refractivity contribution in [3.8, 4) is 5.75 Å². The van der Waals surface area contributed by atoms with Crippen LogP contribution in [0.3, 0.4) is 0 Å². The van der Waals surface area contributed by atoms with E-state index in [-0.39, 0.29) is 6.61 Å². The summed E-state index contributed by atoms with van der Waals surface area (Å²) in [6, 6.07) is 7.54. The van der Waals surface area contributed by atoms with Gasteiger partial charge in [-0.2, -0.15) is 0 Å². The van der Waals surface area contributed by atoms with E-state index in [1.165, 1.54) is 0 Å². The lowest BCUT2D eigenvalue weighted by molar-refractivity contribution is -0.144. The molecule has 1 aliphatic rings. The number of carbonyl (C=O) groups is 1. The Morgan fingerprint density at radius 1 is 1.45 bits per heavy atom. The van der Waals surface area contributed by atoms with Crippen molar-refractivity contribution >= 4 is 5.97 Å². The highest BCUT2D eigenvalue weighted by molar-refractivity contribution is 5.78. The van der Waals surface area contributed by atoms with Gasteiger partial charge in [0, 0.05) is 18.0 Å². The van der Waals surface area contributed by atoms with Crippen molar-refractivity contribution < 1.29 is 19.7 Å². The molecule has 0 radical (unpaired) electrons. The minimum Gasteiger partial charge on any atom is -0.493 e. The van der Waals surface area contributed by atoms with Gasteiger partial charge in [0.15, 0.2) is 0 Å². The fourth-order valence-electron chi connectivity index (χ4n) is 2.06. The predicted octanol–water partition coefficient (Wildman–Crippen LogP) is 1.54. The number of para-hydroxylation sites is 1. The van der Waals surface area contributed by atoms with Crippen LogP contribution in [-0.2, 0) is 11.4 Å². The molecule has 0 aromatic heterocycles. The number of carboxylic acid groups (broad SMARTS) is 1. The van der Waals surface area contributed by atoms with Gasteiger partial charge in [-0.1, -0.05) is 18.2 Å². The minimum absolute atomic E-state index is 0.0906. The third kappa shape index (κ3) is 3.71. The minimum atomic E-state index is -0.963. The van der Waals surface area contributed by atoms with Gasteiger partial charge in [-0.15, -0.1) is 0 Å². The van der Waals surface area contributed by atoms with Crippen LogP contribution in [0.15, 0.2) is 24.3 Å². The van der Waals surface area contributed by atoms with Crippen molar-refractivity contribution in [1.82, 2.24) is 5.32 Å². The first-order chi connectivity index (χ1) is 9.55. The molecule has 20 heavy (non-hydrogen) atoms. The summed E-state index contributed by atoms with van der Waals surface area (Å²) < 4.78 is 5.61. The van der Waals surface area contributed by atoms with Crippen molar-refractivity contribution in [2.24, 2.45) is 0 Å². The van der Waals surface area contributed by atoms with Crippen LogP contribution in [-0.4, -0.2) is 34.4 Å². The van der Waals surface area contributed by atoms with Crippen LogP contribution in [0.1, 0.15) is 31.7 Å². The van der Waals surface area contributed by atoms with Gasteiger partial charge >= 0.3 is 5.97 Å². The fraction of sp³-hybridized carbons (Fsp3) is 0.533. The molecule has 110 valence electrons. The molecule has 1 atom stereocenters. The second kappa shape index (κ2) is 6.24. The number of hydrogen-bond acceptors (Lipinski definition) is 4. The van der Waals surface area contributed by atoms with Gasteiger partial charge in [0.25, 0.3) is 0 Å². The molecule has 1 unspecified atom stereocenters. The second-order valence-corrected chi connectivity index (χ2v) is 5.42. The molecule has 0 bridgehead atoms. The molecule has 0 aliphatic heterocycles. The van der Waals surface area contributed by atoms with Gasteiger partial charge in [-0.05, 0) is 25.8 Å². The van der Waals surface area contributed by atoms with E-state index < -0.39 is 11.5 Å². The Balaban J connectivity index is 1.91. The number of ether oxygens (including phenoxy) is 1. The summed E-state index contributed by atoms with van der Waals surface area (Å²) in [5.74, 6) is -0.252. The Bertz CT molecular complexity index is 473. The zero-order valence-electron chi connectivity index (χ0n) is 11.6. The molecule has 1 aromatic carbocycles. The first-order valence-corrected chi connectivity index (χ1v) is 6.88. The van der Waals surface area contributed by atoms with Crippen LogP contribution >= 0.6 is 0 Å². The van der Waals surface area contributed by atoms with Crippen molar-refractivity contribution in [3.63, 3.8) is 0 Å². The lowest BCUT2D eigenvalue weighted by Gasteiger charge is -2.26. The number of hydrogen-bond donors (Lipinski definition) is 3. The molecule has 1 saturated carbocycles. The molecule has 0 amide bonds. The summed E-state index contributed by atoms with van der Waals surface area (Å²) in [4.78, 5) is 11.4. The maximum Gasteiger partial charge on any atom is 0.323 e. The predicted molar refractivity (Wildman–Crippen MR) is 74.7 cm³/mol. The molecular weight excluding hydrogens is 258 g/mol. The average molecular weight is 279 g/mol. The van der Waals surface area contributed by atoms with E-state index in [4.69, 9.17) is 4.74 Å². The molecule has 1 fully saturated rings. The summed E-state index contributed by atoms with van der Waals surface area (Å²) >= 11 is 0. The van der Waals surface area contributed by atoms with Crippen LogP contribution in [0.25, 0.3) is 0 Å². The monoisotopic (exact) mass is 279 g/mol. The molecule has 1 aliphatic carbocycles. The first kappa shape index (κ1) is 14.8. The Labute approximate surface area is 118 Å². The van der Waals surface area contributed by atoms with E-state index >= 15 is 0 Å². The molecule has 3 N–H and O–H groups in total. The standard InChI is InChI=1S/C15H21NO4/c1-15(14(18)19,16-12-6-7-12)8-9-20-13-5-3-2-4-11(13)10-17/h2-5,12,16-17H,6-10H2,1H3,(H,18,19). The Morgan fingerprint density at radius 2 is 2.15 bits per heavy atom. The molecule has 5 heteroatoms. The lowest BCUT2D eigenvalue weighted by atomic mass is 9.98. The molecule has 0 heterocycles. The Hall–Kier alpha value is -1.59. The van der Waals surface area contributed by atoms with Gasteiger partial charge in [0.05, 0.1) is 13.2 Å². The average Bonchev–Trinajstić information content (AvgIpc) is 3.23. The number of rotatable bonds is 8. The smallest absolute Gasteiger partial charge is 0.323 e. The SMILES string of the molecule is CC(CCOc1ccccc1CO)(NC1CC1)C(=O)O.